The predicted molar refractivity (Wildman–Crippen MR) is 89.4 cm³/mol. The van der Waals surface area contributed by atoms with E-state index in [1.54, 1.807) is 48.5 Å². The van der Waals surface area contributed by atoms with Gasteiger partial charge in [-0.1, -0.05) is 42.5 Å². The van der Waals surface area contributed by atoms with Crippen molar-refractivity contribution in [3.63, 3.8) is 0 Å². The quantitative estimate of drug-likeness (QED) is 0.609. The fourth-order valence-corrected chi connectivity index (χ4v) is 2.48. The Hall–Kier alpha value is -2.11. The van der Waals surface area contributed by atoms with Gasteiger partial charge >= 0.3 is 0 Å². The number of thioether (sulfide) groups is 1. The van der Waals surface area contributed by atoms with E-state index in [0.29, 0.717) is 22.6 Å². The van der Waals surface area contributed by atoms with Gasteiger partial charge in [-0.15, -0.1) is 11.8 Å². The molecule has 2 rings (SSSR count). The molecular formula is C17H17NO3S. The van der Waals surface area contributed by atoms with Gasteiger partial charge in [0.2, 0.25) is 5.91 Å². The largest absolute Gasteiger partial charge is 0.396 e. The fourth-order valence-electron chi connectivity index (χ4n) is 1.95. The first-order valence-corrected chi connectivity index (χ1v) is 8.05. The molecule has 0 spiro atoms. The molecule has 5 heteroatoms. The zero-order valence-electron chi connectivity index (χ0n) is 12.0. The highest BCUT2D eigenvalue weighted by atomic mass is 32.2. The van der Waals surface area contributed by atoms with Crippen LogP contribution in [0.5, 0.6) is 0 Å². The topological polar surface area (TPSA) is 66.4 Å². The highest BCUT2D eigenvalue weighted by Crippen LogP contribution is 2.19. The Kier molecular flexibility index (Phi) is 6.18. The summed E-state index contributed by atoms with van der Waals surface area (Å²) in [5, 5.41) is 11.5. The van der Waals surface area contributed by atoms with Crippen LogP contribution in [0, 0.1) is 0 Å². The minimum Gasteiger partial charge on any atom is -0.396 e. The van der Waals surface area contributed by atoms with Crippen LogP contribution in [-0.2, 0) is 4.79 Å². The first-order valence-electron chi connectivity index (χ1n) is 6.89. The van der Waals surface area contributed by atoms with Crippen LogP contribution in [0.1, 0.15) is 15.9 Å². The molecule has 4 nitrogen and oxygen atoms in total. The van der Waals surface area contributed by atoms with Crippen molar-refractivity contribution in [1.82, 2.24) is 0 Å². The number of hydrogen-bond acceptors (Lipinski definition) is 4. The van der Waals surface area contributed by atoms with Crippen molar-refractivity contribution in [3.8, 4) is 0 Å². The lowest BCUT2D eigenvalue weighted by Gasteiger charge is -2.10. The number of anilines is 1. The molecule has 0 unspecified atom stereocenters. The smallest absolute Gasteiger partial charge is 0.234 e. The molecular weight excluding hydrogens is 298 g/mol. The molecule has 0 saturated carbocycles. The van der Waals surface area contributed by atoms with Crippen LogP contribution in [0.2, 0.25) is 0 Å². The van der Waals surface area contributed by atoms with Gasteiger partial charge in [0.1, 0.15) is 0 Å². The number of carbonyl (C=O) groups is 2. The lowest BCUT2D eigenvalue weighted by atomic mass is 10.0. The van der Waals surface area contributed by atoms with Gasteiger partial charge < -0.3 is 10.4 Å². The predicted octanol–water partition coefficient (Wildman–Crippen LogP) is 2.58. The summed E-state index contributed by atoms with van der Waals surface area (Å²) in [4.78, 5) is 24.4. The summed E-state index contributed by atoms with van der Waals surface area (Å²) in [6, 6.07) is 15.9. The first-order chi connectivity index (χ1) is 10.7. The zero-order valence-corrected chi connectivity index (χ0v) is 12.8. The van der Waals surface area contributed by atoms with Gasteiger partial charge in [0.25, 0.3) is 0 Å². The zero-order chi connectivity index (χ0) is 15.8. The van der Waals surface area contributed by atoms with Crippen LogP contribution in [-0.4, -0.2) is 34.9 Å². The van der Waals surface area contributed by atoms with E-state index in [2.05, 4.69) is 5.32 Å². The highest BCUT2D eigenvalue weighted by Gasteiger charge is 2.14. The molecule has 0 aromatic heterocycles. The van der Waals surface area contributed by atoms with E-state index < -0.39 is 0 Å². The van der Waals surface area contributed by atoms with E-state index in [9.17, 15) is 9.59 Å². The third-order valence-electron chi connectivity index (χ3n) is 2.95. The van der Waals surface area contributed by atoms with E-state index in [-0.39, 0.29) is 24.1 Å². The molecule has 0 bridgehead atoms. The minimum atomic E-state index is -0.188. The van der Waals surface area contributed by atoms with Crippen LogP contribution in [0.15, 0.2) is 54.6 Å². The van der Waals surface area contributed by atoms with Crippen molar-refractivity contribution in [2.24, 2.45) is 0 Å². The Morgan fingerprint density at radius 1 is 1.00 bits per heavy atom. The van der Waals surface area contributed by atoms with E-state index in [1.807, 2.05) is 6.07 Å². The molecule has 0 heterocycles. The molecule has 0 aliphatic heterocycles. The molecule has 1 amide bonds. The molecule has 0 aliphatic rings. The van der Waals surface area contributed by atoms with Crippen LogP contribution in [0.25, 0.3) is 0 Å². The number of aliphatic hydroxyl groups is 1. The van der Waals surface area contributed by atoms with Crippen LogP contribution >= 0.6 is 11.8 Å². The second kappa shape index (κ2) is 8.36. The summed E-state index contributed by atoms with van der Waals surface area (Å²) in [5.74, 6) is 0.443. The van der Waals surface area contributed by atoms with Crippen molar-refractivity contribution < 1.29 is 14.7 Å². The van der Waals surface area contributed by atoms with E-state index in [1.165, 1.54) is 11.8 Å². The van der Waals surface area contributed by atoms with Gasteiger partial charge in [0.15, 0.2) is 5.78 Å². The molecule has 22 heavy (non-hydrogen) atoms. The summed E-state index contributed by atoms with van der Waals surface area (Å²) in [6.07, 6.45) is 0. The van der Waals surface area contributed by atoms with Crippen LogP contribution < -0.4 is 5.32 Å². The third-order valence-corrected chi connectivity index (χ3v) is 3.89. The molecule has 2 N–H and O–H groups in total. The summed E-state index contributed by atoms with van der Waals surface area (Å²) in [5.41, 5.74) is 1.55. The molecule has 2 aromatic rings. The summed E-state index contributed by atoms with van der Waals surface area (Å²) >= 11 is 1.34. The Morgan fingerprint density at radius 3 is 2.41 bits per heavy atom. The molecule has 0 radical (unpaired) electrons. The van der Waals surface area contributed by atoms with Crippen LogP contribution in [0.3, 0.4) is 0 Å². The van der Waals surface area contributed by atoms with Gasteiger partial charge in [-0.25, -0.2) is 0 Å². The third kappa shape index (κ3) is 4.44. The molecule has 0 fully saturated rings. The van der Waals surface area contributed by atoms with Crippen molar-refractivity contribution >= 4 is 29.1 Å². The summed E-state index contributed by atoms with van der Waals surface area (Å²) < 4.78 is 0. The Labute approximate surface area is 133 Å². The maximum Gasteiger partial charge on any atom is 0.234 e. The number of benzene rings is 2. The van der Waals surface area contributed by atoms with Gasteiger partial charge in [0, 0.05) is 16.9 Å². The molecule has 114 valence electrons. The van der Waals surface area contributed by atoms with Crippen LogP contribution in [0.4, 0.5) is 5.69 Å². The number of aliphatic hydroxyl groups excluding tert-OH is 1. The molecule has 0 aliphatic carbocycles. The molecule has 0 atom stereocenters. The second-order valence-electron chi connectivity index (χ2n) is 4.57. The van der Waals surface area contributed by atoms with E-state index in [4.69, 9.17) is 5.11 Å². The number of carbonyl (C=O) groups excluding carboxylic acids is 2. The van der Waals surface area contributed by atoms with E-state index >= 15 is 0 Å². The SMILES string of the molecule is O=C(CSCCO)Nc1ccccc1C(=O)c1ccccc1. The van der Waals surface area contributed by atoms with Crippen molar-refractivity contribution in [1.29, 1.82) is 0 Å². The van der Waals surface area contributed by atoms with Gasteiger partial charge in [-0.05, 0) is 12.1 Å². The second-order valence-corrected chi connectivity index (χ2v) is 5.67. The molecule has 0 saturated heterocycles. The van der Waals surface area contributed by atoms with Gasteiger partial charge in [-0.2, -0.15) is 0 Å². The van der Waals surface area contributed by atoms with Gasteiger partial charge in [-0.3, -0.25) is 9.59 Å². The number of hydrogen-bond donors (Lipinski definition) is 2. The van der Waals surface area contributed by atoms with Crippen molar-refractivity contribution in [2.45, 2.75) is 0 Å². The Morgan fingerprint density at radius 2 is 1.68 bits per heavy atom. The van der Waals surface area contributed by atoms with Gasteiger partial charge in [0.05, 0.1) is 18.0 Å². The number of nitrogens with one attached hydrogen (secondary N) is 1. The highest BCUT2D eigenvalue weighted by molar-refractivity contribution is 7.99. The fraction of sp³-hybridized carbons (Fsp3) is 0.176. The Balaban J connectivity index is 2.13. The average Bonchev–Trinajstić information content (AvgIpc) is 2.56. The molecule has 2 aromatic carbocycles. The lowest BCUT2D eigenvalue weighted by molar-refractivity contribution is -0.113. The maximum atomic E-state index is 12.5. The first kappa shape index (κ1) is 16.3. The van der Waals surface area contributed by atoms with E-state index in [0.717, 1.165) is 0 Å². The standard InChI is InChI=1S/C17H17NO3S/c19-10-11-22-12-16(20)18-15-9-5-4-8-14(15)17(21)13-6-2-1-3-7-13/h1-9,19H,10-12H2,(H,18,20). The van der Waals surface area contributed by atoms with Crippen molar-refractivity contribution in [3.05, 3.63) is 65.7 Å². The minimum absolute atomic E-state index is 0.0427. The number of rotatable bonds is 7. The Bertz CT molecular complexity index is 643. The normalized spacial score (nSPS) is 10.2. The number of para-hydroxylation sites is 1. The average molecular weight is 315 g/mol. The number of ketones is 1. The summed E-state index contributed by atoms with van der Waals surface area (Å²) in [6.45, 7) is 0.0427. The monoisotopic (exact) mass is 315 g/mol. The van der Waals surface area contributed by atoms with Crippen molar-refractivity contribution in [2.75, 3.05) is 23.4 Å². The maximum absolute atomic E-state index is 12.5. The lowest BCUT2D eigenvalue weighted by Crippen LogP contribution is -2.17. The summed E-state index contributed by atoms with van der Waals surface area (Å²) in [7, 11) is 0. The number of amides is 1.